The summed E-state index contributed by atoms with van der Waals surface area (Å²) in [5, 5.41) is 3.79. The third-order valence-electron chi connectivity index (χ3n) is 5.73. The van der Waals surface area contributed by atoms with Crippen LogP contribution in [0.2, 0.25) is 0 Å². The van der Waals surface area contributed by atoms with Crippen LogP contribution in [0.3, 0.4) is 0 Å². The van der Waals surface area contributed by atoms with Gasteiger partial charge in [-0.05, 0) is 86.7 Å². The van der Waals surface area contributed by atoms with E-state index in [1.807, 2.05) is 30.3 Å². The van der Waals surface area contributed by atoms with E-state index in [4.69, 9.17) is 9.47 Å². The third kappa shape index (κ3) is 5.38. The van der Waals surface area contributed by atoms with Crippen LogP contribution in [0.1, 0.15) is 24.8 Å². The molecule has 2 aromatic carbocycles. The van der Waals surface area contributed by atoms with E-state index >= 15 is 0 Å². The first-order valence-corrected chi connectivity index (χ1v) is 12.3. The summed E-state index contributed by atoms with van der Waals surface area (Å²) in [4.78, 5) is 1.09. The van der Waals surface area contributed by atoms with Crippen LogP contribution in [0.25, 0.3) is 0 Å². The minimum absolute atomic E-state index is 0.208. The maximum absolute atomic E-state index is 6.03. The molecule has 0 spiro atoms. The fraction of sp³-hybridized carbons (Fsp3) is 0.455. The molecule has 2 bridgehead atoms. The van der Waals surface area contributed by atoms with Gasteiger partial charge in [0.25, 0.3) is 0 Å². The standard InChI is InChI=1S/C22H26Br2N2O2S/c1-27-20-8-21(19(24)7-18(20)23)29-26-17(12-25-22-9-16(10-22)11-22)14-28-13-15-5-3-2-4-6-15/h2-8,16-17,25-26H,9-14H2,1H3. The Balaban J connectivity index is 1.33. The first-order valence-electron chi connectivity index (χ1n) is 9.89. The fourth-order valence-corrected chi connectivity index (χ4v) is 6.12. The van der Waals surface area contributed by atoms with Gasteiger partial charge < -0.3 is 14.8 Å². The van der Waals surface area contributed by atoms with Gasteiger partial charge in [0.05, 0.1) is 30.8 Å². The van der Waals surface area contributed by atoms with Crippen LogP contribution < -0.4 is 14.8 Å². The molecule has 3 saturated carbocycles. The Morgan fingerprint density at radius 1 is 1.14 bits per heavy atom. The molecule has 3 fully saturated rings. The maximum atomic E-state index is 6.03. The molecule has 0 heterocycles. The number of hydrogen-bond donors (Lipinski definition) is 2. The van der Waals surface area contributed by atoms with Crippen LogP contribution >= 0.6 is 43.8 Å². The lowest BCUT2D eigenvalue weighted by Gasteiger charge is -2.62. The molecule has 0 aliphatic heterocycles. The van der Waals surface area contributed by atoms with Crippen LogP contribution in [0, 0.1) is 5.92 Å². The molecule has 1 unspecified atom stereocenters. The minimum Gasteiger partial charge on any atom is -0.496 e. The van der Waals surface area contributed by atoms with Crippen molar-refractivity contribution in [1.82, 2.24) is 10.0 Å². The van der Waals surface area contributed by atoms with Crippen LogP contribution in [0.5, 0.6) is 5.75 Å². The molecule has 1 atom stereocenters. The molecule has 0 radical (unpaired) electrons. The summed E-state index contributed by atoms with van der Waals surface area (Å²) in [6, 6.07) is 14.6. The van der Waals surface area contributed by atoms with Gasteiger partial charge in [-0.15, -0.1) is 0 Å². The van der Waals surface area contributed by atoms with Crippen molar-refractivity contribution in [3.63, 3.8) is 0 Å². The second-order valence-electron chi connectivity index (χ2n) is 7.97. The highest BCUT2D eigenvalue weighted by molar-refractivity contribution is 9.11. The number of benzene rings is 2. The predicted molar refractivity (Wildman–Crippen MR) is 125 cm³/mol. The lowest BCUT2D eigenvalue weighted by molar-refractivity contribution is -0.0529. The highest BCUT2D eigenvalue weighted by Gasteiger charge is 2.56. The second kappa shape index (κ2) is 9.71. The number of halogens is 2. The van der Waals surface area contributed by atoms with Gasteiger partial charge in [-0.25, -0.2) is 0 Å². The lowest BCUT2D eigenvalue weighted by atomic mass is 9.50. The highest BCUT2D eigenvalue weighted by Crippen LogP contribution is 2.56. The van der Waals surface area contributed by atoms with E-state index in [1.54, 1.807) is 19.1 Å². The van der Waals surface area contributed by atoms with E-state index in [-0.39, 0.29) is 6.04 Å². The van der Waals surface area contributed by atoms with Crippen molar-refractivity contribution in [1.29, 1.82) is 0 Å². The Labute approximate surface area is 193 Å². The number of nitrogens with one attached hydrogen (secondary N) is 2. The molecule has 0 saturated heterocycles. The molecule has 156 valence electrons. The summed E-state index contributed by atoms with van der Waals surface area (Å²) in [6.45, 7) is 2.19. The zero-order valence-electron chi connectivity index (χ0n) is 16.4. The summed E-state index contributed by atoms with van der Waals surface area (Å²) in [7, 11) is 1.68. The molecular weight excluding hydrogens is 516 g/mol. The third-order valence-corrected chi connectivity index (χ3v) is 8.28. The van der Waals surface area contributed by atoms with Gasteiger partial charge in [-0.1, -0.05) is 30.3 Å². The largest absolute Gasteiger partial charge is 0.496 e. The molecule has 5 rings (SSSR count). The van der Waals surface area contributed by atoms with E-state index in [2.05, 4.69) is 54.0 Å². The summed E-state index contributed by atoms with van der Waals surface area (Å²) in [5.74, 6) is 1.80. The quantitative estimate of drug-likeness (QED) is 0.365. The Kier molecular flexibility index (Phi) is 7.25. The van der Waals surface area contributed by atoms with Gasteiger partial charge in [0.2, 0.25) is 0 Å². The first kappa shape index (κ1) is 21.7. The van der Waals surface area contributed by atoms with Crippen molar-refractivity contribution in [2.45, 2.75) is 42.3 Å². The lowest BCUT2D eigenvalue weighted by Crippen LogP contribution is -2.68. The van der Waals surface area contributed by atoms with Gasteiger partial charge in [-0.2, -0.15) is 0 Å². The van der Waals surface area contributed by atoms with E-state index in [0.29, 0.717) is 18.8 Å². The first-order chi connectivity index (χ1) is 14.1. The highest BCUT2D eigenvalue weighted by atomic mass is 79.9. The molecule has 29 heavy (non-hydrogen) atoms. The van der Waals surface area contributed by atoms with Crippen molar-refractivity contribution in [2.24, 2.45) is 5.92 Å². The average Bonchev–Trinajstić information content (AvgIpc) is 2.65. The summed E-state index contributed by atoms with van der Waals surface area (Å²) in [6.07, 6.45) is 4.02. The van der Waals surface area contributed by atoms with E-state index in [0.717, 1.165) is 32.1 Å². The summed E-state index contributed by atoms with van der Waals surface area (Å²) >= 11 is 8.79. The molecule has 0 aromatic heterocycles. The van der Waals surface area contributed by atoms with Crippen molar-refractivity contribution < 1.29 is 9.47 Å². The number of methoxy groups -OCH3 is 1. The molecular formula is C22H26Br2N2O2S. The van der Waals surface area contributed by atoms with Crippen molar-refractivity contribution >= 4 is 43.8 Å². The van der Waals surface area contributed by atoms with Crippen molar-refractivity contribution in [3.05, 3.63) is 57.0 Å². The van der Waals surface area contributed by atoms with E-state index in [1.165, 1.54) is 24.8 Å². The molecule has 7 heteroatoms. The van der Waals surface area contributed by atoms with Gasteiger partial charge in [0.15, 0.2) is 0 Å². The van der Waals surface area contributed by atoms with Crippen molar-refractivity contribution in [2.75, 3.05) is 20.3 Å². The van der Waals surface area contributed by atoms with E-state index < -0.39 is 0 Å². The fourth-order valence-electron chi connectivity index (χ4n) is 3.95. The normalized spacial score (nSPS) is 23.2. The monoisotopic (exact) mass is 540 g/mol. The Morgan fingerprint density at radius 2 is 1.90 bits per heavy atom. The molecule has 2 aromatic rings. The van der Waals surface area contributed by atoms with Gasteiger partial charge in [0.1, 0.15) is 5.75 Å². The number of rotatable bonds is 11. The van der Waals surface area contributed by atoms with E-state index in [9.17, 15) is 0 Å². The zero-order valence-corrected chi connectivity index (χ0v) is 20.4. The Hall–Kier alpha value is -0.570. The van der Waals surface area contributed by atoms with Gasteiger partial charge in [-0.3, -0.25) is 4.72 Å². The smallest absolute Gasteiger partial charge is 0.134 e. The molecule has 4 nitrogen and oxygen atoms in total. The van der Waals surface area contributed by atoms with Crippen LogP contribution in [0.15, 0.2) is 56.3 Å². The molecule has 0 amide bonds. The molecule has 3 aliphatic rings. The number of ether oxygens (including phenoxy) is 2. The average molecular weight is 542 g/mol. The topological polar surface area (TPSA) is 42.5 Å². The molecule has 3 aliphatic carbocycles. The van der Waals surface area contributed by atoms with Gasteiger partial charge >= 0.3 is 0 Å². The Bertz CT molecular complexity index is 820. The maximum Gasteiger partial charge on any atom is 0.134 e. The van der Waals surface area contributed by atoms with Crippen LogP contribution in [-0.4, -0.2) is 31.8 Å². The second-order valence-corrected chi connectivity index (χ2v) is 10.6. The summed E-state index contributed by atoms with van der Waals surface area (Å²) in [5.41, 5.74) is 1.61. The van der Waals surface area contributed by atoms with Gasteiger partial charge in [0, 0.05) is 21.5 Å². The number of hydrogen-bond acceptors (Lipinski definition) is 5. The summed E-state index contributed by atoms with van der Waals surface area (Å²) < 4.78 is 17.0. The predicted octanol–water partition coefficient (Wildman–Crippen LogP) is 5.54. The van der Waals surface area contributed by atoms with Crippen molar-refractivity contribution in [3.8, 4) is 5.75 Å². The molecule has 2 N–H and O–H groups in total. The zero-order chi connectivity index (χ0) is 20.3. The SMILES string of the molecule is COc1cc(SNC(CNC23CC(C2)C3)COCc2ccccc2)c(Br)cc1Br. The van der Waals surface area contributed by atoms with Crippen LogP contribution in [-0.2, 0) is 11.3 Å². The minimum atomic E-state index is 0.208. The Morgan fingerprint density at radius 3 is 2.55 bits per heavy atom. The van der Waals surface area contributed by atoms with Crippen LogP contribution in [0.4, 0.5) is 0 Å².